The number of hydrogen-bond donors (Lipinski definition) is 0. The summed E-state index contributed by atoms with van der Waals surface area (Å²) in [6.45, 7) is 0. The van der Waals surface area contributed by atoms with E-state index in [1.807, 2.05) is 0 Å². The monoisotopic (exact) mass is 387 g/mol. The van der Waals surface area contributed by atoms with E-state index in [-0.39, 0.29) is 16.2 Å². The minimum Gasteiger partial charge on any atom is -0.241 e. The Bertz CT molecular complexity index is 1180. The number of pyridine rings is 1. The first kappa shape index (κ1) is 17.0. The summed E-state index contributed by atoms with van der Waals surface area (Å²) < 4.78 is 55.3. The van der Waals surface area contributed by atoms with E-state index >= 15 is 0 Å². The Kier molecular flexibility index (Phi) is 4.04. The molecule has 0 radical (unpaired) electrons. The van der Waals surface area contributed by atoms with E-state index in [4.69, 9.17) is 0 Å². The van der Waals surface area contributed by atoms with Crippen molar-refractivity contribution in [2.75, 3.05) is 0 Å². The third-order valence-electron chi connectivity index (χ3n) is 3.80. The predicted molar refractivity (Wildman–Crippen MR) is 91.5 cm³/mol. The van der Waals surface area contributed by atoms with Crippen molar-refractivity contribution >= 4 is 10.0 Å². The largest absolute Gasteiger partial charge is 0.269 e. The zero-order valence-electron chi connectivity index (χ0n) is 13.6. The molecule has 0 aliphatic carbocycles. The average molecular weight is 387 g/mol. The molecule has 27 heavy (non-hydrogen) atoms. The van der Waals surface area contributed by atoms with Crippen LogP contribution in [0.15, 0.2) is 72.4 Å². The van der Waals surface area contributed by atoms with E-state index in [1.54, 1.807) is 0 Å². The van der Waals surface area contributed by atoms with Gasteiger partial charge in [0, 0.05) is 24.0 Å². The van der Waals surface area contributed by atoms with Crippen molar-refractivity contribution < 1.29 is 17.2 Å². The molecule has 4 rings (SSSR count). The molecule has 0 N–H and O–H groups in total. The van der Waals surface area contributed by atoms with Crippen molar-refractivity contribution in [1.29, 1.82) is 0 Å². The van der Waals surface area contributed by atoms with Crippen molar-refractivity contribution in [3.8, 4) is 17.1 Å². The molecule has 0 amide bonds. The van der Waals surface area contributed by atoms with E-state index in [0.29, 0.717) is 5.82 Å². The Hall–Kier alpha value is -3.40. The summed E-state index contributed by atoms with van der Waals surface area (Å²) >= 11 is 0. The SMILES string of the molecule is O=S(=O)(c1ccc(-n2cncn2)nc1)n1cccc1-c1cc(F)cc(F)c1. The molecule has 3 heterocycles. The first-order valence-corrected chi connectivity index (χ1v) is 9.09. The van der Waals surface area contributed by atoms with Gasteiger partial charge in [0.25, 0.3) is 10.0 Å². The molecule has 0 spiro atoms. The maximum atomic E-state index is 13.5. The lowest BCUT2D eigenvalue weighted by atomic mass is 10.1. The molecular formula is C17H11F2N5O2S. The van der Waals surface area contributed by atoms with Gasteiger partial charge in [-0.05, 0) is 36.4 Å². The molecule has 7 nitrogen and oxygen atoms in total. The van der Waals surface area contributed by atoms with Crippen LogP contribution in [0, 0.1) is 11.6 Å². The minimum absolute atomic E-state index is 0.0827. The number of aromatic nitrogens is 5. The second-order valence-corrected chi connectivity index (χ2v) is 7.36. The second kappa shape index (κ2) is 6.40. The summed E-state index contributed by atoms with van der Waals surface area (Å²) in [5.74, 6) is -1.20. The van der Waals surface area contributed by atoms with Crippen LogP contribution in [-0.2, 0) is 10.0 Å². The smallest absolute Gasteiger partial charge is 0.241 e. The van der Waals surface area contributed by atoms with Crippen molar-refractivity contribution in [2.24, 2.45) is 0 Å². The lowest BCUT2D eigenvalue weighted by Gasteiger charge is -2.11. The van der Waals surface area contributed by atoms with Crippen molar-refractivity contribution in [2.45, 2.75) is 4.90 Å². The van der Waals surface area contributed by atoms with Crippen LogP contribution in [-0.4, -0.2) is 32.1 Å². The van der Waals surface area contributed by atoms with Gasteiger partial charge in [0.05, 0.1) is 5.69 Å². The van der Waals surface area contributed by atoms with E-state index in [1.165, 1.54) is 54.0 Å². The standard InChI is InChI=1S/C17H11F2N5O2S/c18-13-6-12(7-14(19)8-13)16-2-1-5-24(16)27(25,26)15-3-4-17(21-9-15)23-11-20-10-22-23/h1-11H. The van der Waals surface area contributed by atoms with E-state index in [0.717, 1.165) is 22.2 Å². The molecule has 0 aliphatic heterocycles. The summed E-state index contributed by atoms with van der Waals surface area (Å²) in [5.41, 5.74) is 0.238. The van der Waals surface area contributed by atoms with Gasteiger partial charge in [0.1, 0.15) is 29.2 Å². The number of hydrogen-bond acceptors (Lipinski definition) is 5. The zero-order chi connectivity index (χ0) is 19.0. The maximum Gasteiger partial charge on any atom is 0.269 e. The van der Waals surface area contributed by atoms with Crippen LogP contribution < -0.4 is 0 Å². The van der Waals surface area contributed by atoms with Crippen LogP contribution in [0.1, 0.15) is 0 Å². The molecule has 0 fully saturated rings. The van der Waals surface area contributed by atoms with Crippen molar-refractivity contribution in [1.82, 2.24) is 23.7 Å². The van der Waals surface area contributed by atoms with E-state index in [2.05, 4.69) is 15.1 Å². The van der Waals surface area contributed by atoms with Crippen LogP contribution in [0.5, 0.6) is 0 Å². The minimum atomic E-state index is -4.02. The van der Waals surface area contributed by atoms with E-state index < -0.39 is 21.7 Å². The lowest BCUT2D eigenvalue weighted by molar-refractivity contribution is 0.581. The highest BCUT2D eigenvalue weighted by atomic mass is 32.2. The highest BCUT2D eigenvalue weighted by Gasteiger charge is 2.21. The summed E-state index contributed by atoms with van der Waals surface area (Å²) in [6, 6.07) is 8.64. The molecule has 0 atom stereocenters. The Morgan fingerprint density at radius 2 is 1.78 bits per heavy atom. The summed E-state index contributed by atoms with van der Waals surface area (Å²) in [4.78, 5) is 7.79. The molecule has 136 valence electrons. The average Bonchev–Trinajstić information content (AvgIpc) is 3.33. The number of benzene rings is 1. The van der Waals surface area contributed by atoms with Gasteiger partial charge in [0.2, 0.25) is 0 Å². The third kappa shape index (κ3) is 3.10. The number of halogens is 2. The Morgan fingerprint density at radius 3 is 2.41 bits per heavy atom. The van der Waals surface area contributed by atoms with Crippen molar-refractivity contribution in [3.05, 3.63) is 79.1 Å². The number of nitrogens with zero attached hydrogens (tertiary/aromatic N) is 5. The molecular weight excluding hydrogens is 376 g/mol. The molecule has 1 aromatic carbocycles. The highest BCUT2D eigenvalue weighted by molar-refractivity contribution is 7.90. The molecule has 0 bridgehead atoms. The zero-order valence-corrected chi connectivity index (χ0v) is 14.4. The predicted octanol–water partition coefficient (Wildman–Crippen LogP) is 2.65. The molecule has 4 aromatic rings. The number of rotatable bonds is 4. The van der Waals surface area contributed by atoms with Crippen LogP contribution >= 0.6 is 0 Å². The first-order chi connectivity index (χ1) is 12.9. The van der Waals surface area contributed by atoms with Gasteiger partial charge in [-0.25, -0.2) is 35.8 Å². The fourth-order valence-electron chi connectivity index (χ4n) is 2.60. The van der Waals surface area contributed by atoms with Gasteiger partial charge in [-0.15, -0.1) is 0 Å². The van der Waals surface area contributed by atoms with Crippen LogP contribution in [0.3, 0.4) is 0 Å². The molecule has 0 saturated carbocycles. The highest BCUT2D eigenvalue weighted by Crippen LogP contribution is 2.26. The summed E-state index contributed by atoms with van der Waals surface area (Å²) in [6.07, 6.45) is 5.25. The summed E-state index contributed by atoms with van der Waals surface area (Å²) in [7, 11) is -4.02. The van der Waals surface area contributed by atoms with Crippen LogP contribution in [0.25, 0.3) is 17.1 Å². The quantitative estimate of drug-likeness (QED) is 0.538. The summed E-state index contributed by atoms with van der Waals surface area (Å²) in [5, 5.41) is 3.92. The second-order valence-electron chi connectivity index (χ2n) is 5.54. The Labute approximate surface area is 152 Å². The maximum absolute atomic E-state index is 13.5. The molecule has 0 saturated heterocycles. The third-order valence-corrected chi connectivity index (χ3v) is 5.48. The normalized spacial score (nSPS) is 11.6. The van der Waals surface area contributed by atoms with Gasteiger partial charge in [0.15, 0.2) is 5.82 Å². The van der Waals surface area contributed by atoms with Gasteiger partial charge in [-0.2, -0.15) is 5.10 Å². The van der Waals surface area contributed by atoms with Gasteiger partial charge in [-0.1, -0.05) is 0 Å². The molecule has 3 aromatic heterocycles. The van der Waals surface area contributed by atoms with Gasteiger partial charge in [-0.3, -0.25) is 0 Å². The molecule has 10 heteroatoms. The first-order valence-electron chi connectivity index (χ1n) is 7.65. The molecule has 0 unspecified atom stereocenters. The van der Waals surface area contributed by atoms with E-state index in [9.17, 15) is 17.2 Å². The Balaban J connectivity index is 1.76. The van der Waals surface area contributed by atoms with Crippen LogP contribution in [0.4, 0.5) is 8.78 Å². The topological polar surface area (TPSA) is 82.7 Å². The van der Waals surface area contributed by atoms with Gasteiger partial charge < -0.3 is 0 Å². The fourth-order valence-corrected chi connectivity index (χ4v) is 3.91. The van der Waals surface area contributed by atoms with Crippen molar-refractivity contribution in [3.63, 3.8) is 0 Å². The molecule has 0 aliphatic rings. The lowest BCUT2D eigenvalue weighted by Crippen LogP contribution is -2.14. The Morgan fingerprint density at radius 1 is 1.00 bits per heavy atom. The fraction of sp³-hybridized carbons (Fsp3) is 0. The van der Waals surface area contributed by atoms with Gasteiger partial charge >= 0.3 is 0 Å². The van der Waals surface area contributed by atoms with Crippen LogP contribution in [0.2, 0.25) is 0 Å².